The molecule has 0 amide bonds. The van der Waals surface area contributed by atoms with Crippen molar-refractivity contribution in [3.63, 3.8) is 0 Å². The zero-order valence-corrected chi connectivity index (χ0v) is 17.2. The molecule has 2 aromatic rings. The van der Waals surface area contributed by atoms with Crippen molar-refractivity contribution < 1.29 is 23.8 Å². The highest BCUT2D eigenvalue weighted by Crippen LogP contribution is 2.59. The van der Waals surface area contributed by atoms with Crippen molar-refractivity contribution in [2.75, 3.05) is 7.11 Å². The van der Waals surface area contributed by atoms with Gasteiger partial charge in [-0.25, -0.2) is 4.79 Å². The summed E-state index contributed by atoms with van der Waals surface area (Å²) in [4.78, 5) is 24.1. The van der Waals surface area contributed by atoms with E-state index in [9.17, 15) is 9.59 Å². The van der Waals surface area contributed by atoms with Crippen LogP contribution < -0.4 is 4.74 Å². The second-order valence-corrected chi connectivity index (χ2v) is 7.68. The summed E-state index contributed by atoms with van der Waals surface area (Å²) in [6, 6.07) is 16.5. The molecule has 0 bridgehead atoms. The van der Waals surface area contributed by atoms with Gasteiger partial charge in [0.25, 0.3) is 0 Å². The number of allylic oxidation sites excluding steroid dienone is 1. The summed E-state index contributed by atoms with van der Waals surface area (Å²) in [6.45, 7) is 3.90. The maximum atomic E-state index is 12.8. The number of para-hydroxylation sites is 1. The molecular formula is C25H24O5. The first-order chi connectivity index (χ1) is 14.4. The lowest BCUT2D eigenvalue weighted by Gasteiger charge is -2.15. The summed E-state index contributed by atoms with van der Waals surface area (Å²) < 4.78 is 16.1. The van der Waals surface area contributed by atoms with Crippen LogP contribution in [0.25, 0.3) is 0 Å². The van der Waals surface area contributed by atoms with Crippen LogP contribution in [0.1, 0.15) is 25.5 Å². The van der Waals surface area contributed by atoms with Crippen molar-refractivity contribution in [2.24, 2.45) is 17.3 Å². The number of esters is 2. The molecule has 2 unspecified atom stereocenters. The van der Waals surface area contributed by atoms with Crippen LogP contribution in [0, 0.1) is 29.6 Å². The quantitative estimate of drug-likeness (QED) is 0.380. The van der Waals surface area contributed by atoms with Gasteiger partial charge in [0.15, 0.2) is 6.10 Å². The SMILES string of the molecule is C#C[C@@H](OC(=O)C1C(C=CC(=O)OC)C1(C)C)c1cccc(Oc2ccccc2)c1. The lowest BCUT2D eigenvalue weighted by atomic mass is 10.1. The number of carbonyl (C=O) groups excluding carboxylic acids is 2. The minimum atomic E-state index is -0.835. The lowest BCUT2D eigenvalue weighted by Crippen LogP contribution is -2.14. The Kier molecular flexibility index (Phi) is 6.27. The van der Waals surface area contributed by atoms with Crippen molar-refractivity contribution in [3.8, 4) is 23.8 Å². The minimum Gasteiger partial charge on any atom is -0.466 e. The van der Waals surface area contributed by atoms with Crippen LogP contribution in [0.4, 0.5) is 0 Å². The van der Waals surface area contributed by atoms with Crippen LogP contribution in [0.2, 0.25) is 0 Å². The Hall–Kier alpha value is -3.52. The van der Waals surface area contributed by atoms with E-state index >= 15 is 0 Å². The van der Waals surface area contributed by atoms with Gasteiger partial charge < -0.3 is 14.2 Å². The third-order valence-corrected chi connectivity index (χ3v) is 5.33. The summed E-state index contributed by atoms with van der Waals surface area (Å²) in [5.41, 5.74) is 0.332. The number of hydrogen-bond donors (Lipinski definition) is 0. The Labute approximate surface area is 176 Å². The first-order valence-corrected chi connectivity index (χ1v) is 9.62. The normalized spacial score (nSPS) is 20.1. The highest BCUT2D eigenvalue weighted by atomic mass is 16.5. The molecule has 0 aliphatic heterocycles. The standard InChI is InChI=1S/C25H24O5/c1-5-21(17-10-9-13-19(16-17)29-18-11-7-6-8-12-18)30-24(27)23-20(25(23,2)3)14-15-22(26)28-4/h1,6-16,20-21,23H,2-4H3/t20?,21-,23?/m1/s1. The molecule has 0 spiro atoms. The third-order valence-electron chi connectivity index (χ3n) is 5.33. The van der Waals surface area contributed by atoms with E-state index in [0.717, 1.165) is 0 Å². The summed E-state index contributed by atoms with van der Waals surface area (Å²) in [7, 11) is 1.31. The Bertz CT molecular complexity index is 984. The topological polar surface area (TPSA) is 61.8 Å². The fourth-order valence-electron chi connectivity index (χ4n) is 3.49. The van der Waals surface area contributed by atoms with Crippen LogP contribution in [0.3, 0.4) is 0 Å². The number of carbonyl (C=O) groups is 2. The Morgan fingerprint density at radius 2 is 1.80 bits per heavy atom. The van der Waals surface area contributed by atoms with Crippen molar-refractivity contribution in [2.45, 2.75) is 20.0 Å². The molecule has 3 rings (SSSR count). The van der Waals surface area contributed by atoms with Crippen molar-refractivity contribution >= 4 is 11.9 Å². The molecule has 0 saturated heterocycles. The zero-order valence-electron chi connectivity index (χ0n) is 17.2. The molecule has 0 N–H and O–H groups in total. The lowest BCUT2D eigenvalue weighted by molar-refractivity contribution is -0.149. The van der Waals surface area contributed by atoms with Gasteiger partial charge in [-0.3, -0.25) is 4.79 Å². The predicted octanol–water partition coefficient (Wildman–Crippen LogP) is 4.70. The van der Waals surface area contributed by atoms with Crippen LogP contribution >= 0.6 is 0 Å². The van der Waals surface area contributed by atoms with Crippen LogP contribution in [0.15, 0.2) is 66.7 Å². The van der Waals surface area contributed by atoms with Crippen molar-refractivity contribution in [3.05, 3.63) is 72.3 Å². The zero-order chi connectivity index (χ0) is 21.7. The molecule has 0 aromatic heterocycles. The van der Waals surface area contributed by atoms with E-state index in [-0.39, 0.29) is 17.3 Å². The van der Waals surface area contributed by atoms with E-state index in [1.807, 2.05) is 50.2 Å². The largest absolute Gasteiger partial charge is 0.466 e. The van der Waals surface area contributed by atoms with E-state index in [0.29, 0.717) is 17.1 Å². The van der Waals surface area contributed by atoms with Gasteiger partial charge in [-0.1, -0.05) is 56.2 Å². The maximum absolute atomic E-state index is 12.8. The Morgan fingerprint density at radius 1 is 1.10 bits per heavy atom. The molecule has 1 fully saturated rings. The number of terminal acetylenes is 1. The monoisotopic (exact) mass is 404 g/mol. The highest BCUT2D eigenvalue weighted by Gasteiger charge is 2.61. The molecule has 154 valence electrons. The van der Waals surface area contributed by atoms with Crippen LogP contribution in [-0.4, -0.2) is 19.0 Å². The second kappa shape index (κ2) is 8.87. The average Bonchev–Trinajstić information content (AvgIpc) is 3.31. The highest BCUT2D eigenvalue weighted by molar-refractivity contribution is 5.83. The molecule has 0 heterocycles. The second-order valence-electron chi connectivity index (χ2n) is 7.68. The number of methoxy groups -OCH3 is 1. The van der Waals surface area contributed by atoms with Gasteiger partial charge in [-0.2, -0.15) is 0 Å². The average molecular weight is 404 g/mol. The molecule has 2 aromatic carbocycles. The van der Waals surface area contributed by atoms with Gasteiger partial charge in [0, 0.05) is 11.6 Å². The van der Waals surface area contributed by atoms with Crippen LogP contribution in [0.5, 0.6) is 11.5 Å². The van der Waals surface area contributed by atoms with Gasteiger partial charge in [-0.15, -0.1) is 6.42 Å². The maximum Gasteiger partial charge on any atom is 0.330 e. The number of ether oxygens (including phenoxy) is 3. The minimum absolute atomic E-state index is 0.115. The van der Waals surface area contributed by atoms with E-state index < -0.39 is 18.0 Å². The van der Waals surface area contributed by atoms with Gasteiger partial charge >= 0.3 is 11.9 Å². The van der Waals surface area contributed by atoms with E-state index in [2.05, 4.69) is 10.7 Å². The van der Waals surface area contributed by atoms with Gasteiger partial charge in [0.05, 0.1) is 13.0 Å². The van der Waals surface area contributed by atoms with Crippen molar-refractivity contribution in [1.29, 1.82) is 0 Å². The van der Waals surface area contributed by atoms with Gasteiger partial charge in [0.1, 0.15) is 11.5 Å². The first-order valence-electron chi connectivity index (χ1n) is 9.62. The van der Waals surface area contributed by atoms with Gasteiger partial charge in [-0.05, 0) is 35.6 Å². The smallest absolute Gasteiger partial charge is 0.330 e. The predicted molar refractivity (Wildman–Crippen MR) is 113 cm³/mol. The molecule has 5 heteroatoms. The fraction of sp³-hybridized carbons (Fsp3) is 0.280. The Balaban J connectivity index is 1.69. The summed E-state index contributed by atoms with van der Waals surface area (Å²) in [5, 5.41) is 0. The third kappa shape index (κ3) is 4.72. The molecule has 1 saturated carbocycles. The molecule has 30 heavy (non-hydrogen) atoms. The fourth-order valence-corrected chi connectivity index (χ4v) is 3.49. The molecule has 3 atom stereocenters. The number of hydrogen-bond acceptors (Lipinski definition) is 5. The number of benzene rings is 2. The molecule has 1 aliphatic rings. The molecular weight excluding hydrogens is 380 g/mol. The Morgan fingerprint density at radius 3 is 2.47 bits per heavy atom. The van der Waals surface area contributed by atoms with E-state index in [1.165, 1.54) is 13.2 Å². The van der Waals surface area contributed by atoms with E-state index in [4.69, 9.17) is 15.9 Å². The molecule has 0 radical (unpaired) electrons. The van der Waals surface area contributed by atoms with Crippen molar-refractivity contribution in [1.82, 2.24) is 0 Å². The molecule has 5 nitrogen and oxygen atoms in total. The summed E-state index contributed by atoms with van der Waals surface area (Å²) in [5.74, 6) is 2.49. The van der Waals surface area contributed by atoms with E-state index in [1.54, 1.807) is 24.3 Å². The summed E-state index contributed by atoms with van der Waals surface area (Å²) >= 11 is 0. The molecule has 1 aliphatic carbocycles. The van der Waals surface area contributed by atoms with Gasteiger partial charge in [0.2, 0.25) is 0 Å². The first kappa shape index (κ1) is 21.2. The summed E-state index contributed by atoms with van der Waals surface area (Å²) in [6.07, 6.45) is 7.84. The number of rotatable bonds is 7. The van der Waals surface area contributed by atoms with Crippen LogP contribution in [-0.2, 0) is 19.1 Å².